The third kappa shape index (κ3) is 3.05. The maximum absolute atomic E-state index is 11.7. The lowest BCUT2D eigenvalue weighted by Gasteiger charge is -2.20. The van der Waals surface area contributed by atoms with Crippen LogP contribution in [0.2, 0.25) is 0 Å². The van der Waals surface area contributed by atoms with Crippen LogP contribution >= 0.6 is 0 Å². The Morgan fingerprint density at radius 2 is 1.78 bits per heavy atom. The Kier molecular flexibility index (Phi) is 4.01. The van der Waals surface area contributed by atoms with Crippen LogP contribution < -0.4 is 11.1 Å². The lowest BCUT2D eigenvalue weighted by Crippen LogP contribution is -2.52. The van der Waals surface area contributed by atoms with Gasteiger partial charge in [-0.3, -0.25) is 9.59 Å². The third-order valence-electron chi connectivity index (χ3n) is 2.19. The first-order chi connectivity index (χ1) is 8.36. The van der Waals surface area contributed by atoms with Gasteiger partial charge in [0.25, 0.3) is 5.91 Å². The SMILES string of the molecule is NC(=O)CC(O)(C(=O)O)C(=O)Nc1ccccc1. The highest BCUT2D eigenvalue weighted by atomic mass is 16.4. The summed E-state index contributed by atoms with van der Waals surface area (Å²) in [5.74, 6) is -4.15. The number of benzene rings is 1. The van der Waals surface area contributed by atoms with Crippen molar-refractivity contribution in [3.63, 3.8) is 0 Å². The van der Waals surface area contributed by atoms with Crippen molar-refractivity contribution in [3.05, 3.63) is 30.3 Å². The fraction of sp³-hybridized carbons (Fsp3) is 0.182. The van der Waals surface area contributed by atoms with Gasteiger partial charge in [-0.05, 0) is 12.1 Å². The van der Waals surface area contributed by atoms with Crippen molar-refractivity contribution >= 4 is 23.5 Å². The number of nitrogens with two attached hydrogens (primary N) is 1. The van der Waals surface area contributed by atoms with E-state index >= 15 is 0 Å². The van der Waals surface area contributed by atoms with Gasteiger partial charge in [-0.25, -0.2) is 4.79 Å². The number of anilines is 1. The molecule has 18 heavy (non-hydrogen) atoms. The van der Waals surface area contributed by atoms with E-state index in [-0.39, 0.29) is 0 Å². The lowest BCUT2D eigenvalue weighted by molar-refractivity contribution is -0.166. The highest BCUT2D eigenvalue weighted by molar-refractivity contribution is 6.13. The number of carbonyl (C=O) groups excluding carboxylic acids is 2. The number of carboxylic acid groups (broad SMARTS) is 1. The van der Waals surface area contributed by atoms with Gasteiger partial charge in [-0.2, -0.15) is 0 Å². The summed E-state index contributed by atoms with van der Waals surface area (Å²) >= 11 is 0. The van der Waals surface area contributed by atoms with Gasteiger partial charge in [0.15, 0.2) is 0 Å². The summed E-state index contributed by atoms with van der Waals surface area (Å²) in [5, 5.41) is 20.7. The second-order valence-corrected chi connectivity index (χ2v) is 3.63. The molecule has 0 bridgehead atoms. The van der Waals surface area contributed by atoms with Gasteiger partial charge >= 0.3 is 5.97 Å². The molecular formula is C11H12N2O5. The molecule has 7 nitrogen and oxygen atoms in total. The summed E-state index contributed by atoms with van der Waals surface area (Å²) in [7, 11) is 0. The lowest BCUT2D eigenvalue weighted by atomic mass is 9.98. The minimum Gasteiger partial charge on any atom is -0.479 e. The van der Waals surface area contributed by atoms with Crippen LogP contribution in [0.4, 0.5) is 5.69 Å². The number of hydrogen-bond donors (Lipinski definition) is 4. The molecule has 0 aromatic heterocycles. The molecule has 0 saturated heterocycles. The zero-order valence-electron chi connectivity index (χ0n) is 9.29. The van der Waals surface area contributed by atoms with Crippen LogP contribution in [0.25, 0.3) is 0 Å². The number of carbonyl (C=O) groups is 3. The molecule has 0 saturated carbocycles. The normalized spacial score (nSPS) is 13.4. The fourth-order valence-electron chi connectivity index (χ4n) is 1.26. The monoisotopic (exact) mass is 252 g/mol. The standard InChI is InChI=1S/C11H12N2O5/c12-8(14)6-11(18,10(16)17)9(15)13-7-4-2-1-3-5-7/h1-5,18H,6H2,(H2,12,14)(H,13,15)(H,16,17). The van der Waals surface area contributed by atoms with E-state index in [1.807, 2.05) is 0 Å². The number of nitrogens with one attached hydrogen (secondary N) is 1. The highest BCUT2D eigenvalue weighted by Crippen LogP contribution is 2.15. The van der Waals surface area contributed by atoms with E-state index in [9.17, 15) is 19.5 Å². The maximum Gasteiger partial charge on any atom is 0.346 e. The van der Waals surface area contributed by atoms with Crippen LogP contribution in [0.5, 0.6) is 0 Å². The molecule has 1 aromatic rings. The Morgan fingerprint density at radius 1 is 1.22 bits per heavy atom. The van der Waals surface area contributed by atoms with Gasteiger partial charge in [0, 0.05) is 5.69 Å². The number of hydrogen-bond acceptors (Lipinski definition) is 4. The summed E-state index contributed by atoms with van der Waals surface area (Å²) < 4.78 is 0. The zero-order valence-corrected chi connectivity index (χ0v) is 9.29. The molecule has 7 heteroatoms. The number of para-hydroxylation sites is 1. The molecule has 0 spiro atoms. The zero-order chi connectivity index (χ0) is 13.8. The Labute approximate surface area is 102 Å². The molecule has 0 aliphatic rings. The van der Waals surface area contributed by atoms with Gasteiger partial charge in [-0.15, -0.1) is 0 Å². The number of carboxylic acids is 1. The van der Waals surface area contributed by atoms with E-state index in [1.54, 1.807) is 18.2 Å². The summed E-state index contributed by atoms with van der Waals surface area (Å²) in [6.45, 7) is 0. The van der Waals surface area contributed by atoms with Crippen molar-refractivity contribution in [2.45, 2.75) is 12.0 Å². The van der Waals surface area contributed by atoms with E-state index in [0.717, 1.165) is 0 Å². The van der Waals surface area contributed by atoms with E-state index in [2.05, 4.69) is 5.32 Å². The highest BCUT2D eigenvalue weighted by Gasteiger charge is 2.45. The van der Waals surface area contributed by atoms with E-state index < -0.39 is 29.8 Å². The summed E-state index contributed by atoms with van der Waals surface area (Å²) in [5.41, 5.74) is 2.23. The van der Waals surface area contributed by atoms with Crippen molar-refractivity contribution in [1.82, 2.24) is 0 Å². The van der Waals surface area contributed by atoms with Gasteiger partial charge in [0.2, 0.25) is 11.5 Å². The van der Waals surface area contributed by atoms with Crippen LogP contribution in [0.1, 0.15) is 6.42 Å². The Hall–Kier alpha value is -2.41. The topological polar surface area (TPSA) is 130 Å². The predicted molar refractivity (Wildman–Crippen MR) is 61.5 cm³/mol. The molecule has 1 rings (SSSR count). The Balaban J connectivity index is 2.91. The molecule has 0 aliphatic heterocycles. The molecule has 5 N–H and O–H groups in total. The summed E-state index contributed by atoms with van der Waals surface area (Å²) in [6, 6.07) is 7.93. The minimum atomic E-state index is -2.87. The average Bonchev–Trinajstić information content (AvgIpc) is 2.29. The van der Waals surface area contributed by atoms with Crippen LogP contribution in [0, 0.1) is 0 Å². The van der Waals surface area contributed by atoms with E-state index in [1.165, 1.54) is 12.1 Å². The molecule has 1 unspecified atom stereocenters. The average molecular weight is 252 g/mol. The first-order valence-electron chi connectivity index (χ1n) is 4.97. The van der Waals surface area contributed by atoms with Gasteiger partial charge in [-0.1, -0.05) is 18.2 Å². The number of aliphatic hydroxyl groups is 1. The molecule has 0 radical (unpaired) electrons. The Morgan fingerprint density at radius 3 is 2.22 bits per heavy atom. The van der Waals surface area contributed by atoms with Crippen molar-refractivity contribution in [1.29, 1.82) is 0 Å². The Bertz CT molecular complexity index is 474. The third-order valence-corrected chi connectivity index (χ3v) is 2.19. The van der Waals surface area contributed by atoms with Crippen molar-refractivity contribution in [2.75, 3.05) is 5.32 Å². The first kappa shape index (κ1) is 13.7. The van der Waals surface area contributed by atoms with Gasteiger partial charge in [0.05, 0.1) is 6.42 Å². The fourth-order valence-corrected chi connectivity index (χ4v) is 1.26. The van der Waals surface area contributed by atoms with Crippen molar-refractivity contribution < 1.29 is 24.6 Å². The molecule has 0 aliphatic carbocycles. The molecule has 1 atom stereocenters. The van der Waals surface area contributed by atoms with Crippen molar-refractivity contribution in [2.24, 2.45) is 5.73 Å². The largest absolute Gasteiger partial charge is 0.479 e. The quantitative estimate of drug-likeness (QED) is 0.516. The molecular weight excluding hydrogens is 240 g/mol. The summed E-state index contributed by atoms with van der Waals surface area (Å²) in [4.78, 5) is 33.2. The molecule has 96 valence electrons. The molecule has 0 heterocycles. The molecule has 0 fully saturated rings. The molecule has 2 amide bonds. The number of amides is 2. The summed E-state index contributed by atoms with van der Waals surface area (Å²) in [6.07, 6.45) is -0.999. The van der Waals surface area contributed by atoms with E-state index in [0.29, 0.717) is 5.69 Å². The number of rotatable bonds is 5. The second kappa shape index (κ2) is 5.28. The number of aliphatic carboxylic acids is 1. The first-order valence-corrected chi connectivity index (χ1v) is 4.97. The molecule has 1 aromatic carbocycles. The van der Waals surface area contributed by atoms with Crippen LogP contribution in [0.3, 0.4) is 0 Å². The van der Waals surface area contributed by atoms with Gasteiger partial charge < -0.3 is 21.3 Å². The maximum atomic E-state index is 11.7. The second-order valence-electron chi connectivity index (χ2n) is 3.63. The van der Waals surface area contributed by atoms with E-state index in [4.69, 9.17) is 10.8 Å². The minimum absolute atomic E-state index is 0.298. The smallest absolute Gasteiger partial charge is 0.346 e. The van der Waals surface area contributed by atoms with Crippen molar-refractivity contribution in [3.8, 4) is 0 Å². The van der Waals surface area contributed by atoms with Crippen LogP contribution in [-0.4, -0.2) is 33.6 Å². The van der Waals surface area contributed by atoms with Gasteiger partial charge in [0.1, 0.15) is 0 Å². The number of primary amides is 1. The van der Waals surface area contributed by atoms with Crippen LogP contribution in [-0.2, 0) is 14.4 Å². The predicted octanol–water partition coefficient (Wildman–Crippen LogP) is -0.684. The van der Waals surface area contributed by atoms with Crippen LogP contribution in [0.15, 0.2) is 30.3 Å².